The molecule has 1 aromatic heterocycles. The maximum atomic E-state index is 14.2. The fourth-order valence-electron chi connectivity index (χ4n) is 3.74. The van der Waals surface area contributed by atoms with E-state index in [1.165, 1.54) is 18.2 Å². The number of rotatable bonds is 7. The van der Waals surface area contributed by atoms with Gasteiger partial charge in [0.2, 0.25) is 21.9 Å². The third-order valence-electron chi connectivity index (χ3n) is 5.43. The van der Waals surface area contributed by atoms with Gasteiger partial charge in [-0.05, 0) is 30.2 Å². The van der Waals surface area contributed by atoms with E-state index >= 15 is 0 Å². The van der Waals surface area contributed by atoms with Crippen molar-refractivity contribution in [1.29, 1.82) is 0 Å². The number of sulfonamides is 1. The van der Waals surface area contributed by atoms with Crippen LogP contribution in [0.1, 0.15) is 5.56 Å². The first-order chi connectivity index (χ1) is 15.9. The Labute approximate surface area is 192 Å². The largest absolute Gasteiger partial charge is 0.338 e. The van der Waals surface area contributed by atoms with Gasteiger partial charge in [-0.2, -0.15) is 4.72 Å². The Hall–Kier alpha value is -3.37. The van der Waals surface area contributed by atoms with Crippen LogP contribution in [0.25, 0.3) is 0 Å². The van der Waals surface area contributed by atoms with Crippen LogP contribution in [0, 0.1) is 5.82 Å². The third-order valence-corrected chi connectivity index (χ3v) is 6.94. The molecule has 1 fully saturated rings. The molecule has 2 heterocycles. The maximum absolute atomic E-state index is 14.2. The number of carbonyl (C=O) groups excluding carboxylic acids is 1. The second kappa shape index (κ2) is 10.1. The van der Waals surface area contributed by atoms with E-state index in [9.17, 15) is 17.6 Å². The van der Waals surface area contributed by atoms with Crippen LogP contribution >= 0.6 is 0 Å². The molecular formula is C23H24FN5O3S. The van der Waals surface area contributed by atoms with E-state index in [1.807, 2.05) is 35.2 Å². The van der Waals surface area contributed by atoms with Crippen LogP contribution in [0.3, 0.4) is 0 Å². The summed E-state index contributed by atoms with van der Waals surface area (Å²) in [4.78, 5) is 25.0. The second-order valence-electron chi connectivity index (χ2n) is 7.66. The van der Waals surface area contributed by atoms with Crippen LogP contribution in [0.5, 0.6) is 0 Å². The lowest BCUT2D eigenvalue weighted by molar-refractivity contribution is -0.133. The fraction of sp³-hybridized carbons (Fsp3) is 0.261. The Balaban J connectivity index is 1.52. The number of nitrogens with one attached hydrogen (secondary N) is 1. The van der Waals surface area contributed by atoms with Crippen molar-refractivity contribution in [3.63, 3.8) is 0 Å². The number of carbonyl (C=O) groups is 1. The molecule has 0 saturated carbocycles. The molecule has 0 bridgehead atoms. The van der Waals surface area contributed by atoms with Crippen molar-refractivity contribution in [2.24, 2.45) is 0 Å². The fourth-order valence-corrected chi connectivity index (χ4v) is 5.01. The highest BCUT2D eigenvalue weighted by molar-refractivity contribution is 7.89. The molecule has 1 saturated heterocycles. The number of halogens is 1. The van der Waals surface area contributed by atoms with Crippen LogP contribution in [0.4, 0.5) is 10.3 Å². The standard InChI is InChI=1S/C23H24FN5O3S/c24-19-9-4-5-10-21(19)33(31,32)27-20(17-18-7-2-1-3-8-18)22(30)28-13-15-29(16-14-28)23-25-11-6-12-26-23/h1-12,20,27H,13-17H2. The number of nitrogens with zero attached hydrogens (tertiary/aromatic N) is 4. The predicted octanol–water partition coefficient (Wildman–Crippen LogP) is 1.85. The Morgan fingerprint density at radius 2 is 1.58 bits per heavy atom. The van der Waals surface area contributed by atoms with Gasteiger partial charge in [0.25, 0.3) is 0 Å². The van der Waals surface area contributed by atoms with E-state index in [4.69, 9.17) is 0 Å². The van der Waals surface area contributed by atoms with E-state index in [1.54, 1.807) is 23.4 Å². The summed E-state index contributed by atoms with van der Waals surface area (Å²) in [6.07, 6.45) is 3.47. The summed E-state index contributed by atoms with van der Waals surface area (Å²) < 4.78 is 42.5. The molecule has 1 aliphatic rings. The quantitative estimate of drug-likeness (QED) is 0.568. The van der Waals surface area contributed by atoms with Gasteiger partial charge in [0.15, 0.2) is 0 Å². The van der Waals surface area contributed by atoms with Crippen LogP contribution in [-0.4, -0.2) is 61.4 Å². The number of hydrogen-bond donors (Lipinski definition) is 1. The molecule has 0 aliphatic carbocycles. The molecule has 1 unspecified atom stereocenters. The average Bonchev–Trinajstić information content (AvgIpc) is 2.84. The van der Waals surface area contributed by atoms with Gasteiger partial charge in [0.05, 0.1) is 0 Å². The molecule has 172 valence electrons. The van der Waals surface area contributed by atoms with Crippen molar-refractivity contribution in [3.8, 4) is 0 Å². The molecule has 1 atom stereocenters. The Kier molecular flexibility index (Phi) is 6.95. The van der Waals surface area contributed by atoms with Crippen LogP contribution in [0.2, 0.25) is 0 Å². The number of anilines is 1. The first-order valence-electron chi connectivity index (χ1n) is 10.6. The van der Waals surface area contributed by atoms with Gasteiger partial charge in [-0.25, -0.2) is 22.8 Å². The van der Waals surface area contributed by atoms with Crippen molar-refractivity contribution in [3.05, 3.63) is 84.4 Å². The monoisotopic (exact) mass is 469 g/mol. The number of amides is 1. The molecule has 33 heavy (non-hydrogen) atoms. The Morgan fingerprint density at radius 1 is 0.939 bits per heavy atom. The van der Waals surface area contributed by atoms with Gasteiger partial charge >= 0.3 is 0 Å². The number of aromatic nitrogens is 2. The van der Waals surface area contributed by atoms with E-state index in [0.29, 0.717) is 32.1 Å². The second-order valence-corrected chi connectivity index (χ2v) is 9.34. The Bertz CT molecular complexity index is 1190. The summed E-state index contributed by atoms with van der Waals surface area (Å²) in [5, 5.41) is 0. The summed E-state index contributed by atoms with van der Waals surface area (Å²) in [7, 11) is -4.25. The summed E-state index contributed by atoms with van der Waals surface area (Å²) in [6, 6.07) is 14.9. The zero-order chi connectivity index (χ0) is 23.3. The van der Waals surface area contributed by atoms with Gasteiger partial charge in [0, 0.05) is 38.6 Å². The van der Waals surface area contributed by atoms with Gasteiger partial charge in [-0.1, -0.05) is 42.5 Å². The number of benzene rings is 2. The summed E-state index contributed by atoms with van der Waals surface area (Å²) in [5.41, 5.74) is 0.795. The highest BCUT2D eigenvalue weighted by Crippen LogP contribution is 2.17. The summed E-state index contributed by atoms with van der Waals surface area (Å²) in [5.74, 6) is -0.634. The lowest BCUT2D eigenvalue weighted by Gasteiger charge is -2.36. The highest BCUT2D eigenvalue weighted by atomic mass is 32.2. The van der Waals surface area contributed by atoms with E-state index in [-0.39, 0.29) is 12.3 Å². The van der Waals surface area contributed by atoms with Crippen LogP contribution < -0.4 is 9.62 Å². The minimum atomic E-state index is -4.25. The zero-order valence-corrected chi connectivity index (χ0v) is 18.7. The van der Waals surface area contributed by atoms with Crippen molar-refractivity contribution in [1.82, 2.24) is 19.6 Å². The van der Waals surface area contributed by atoms with Gasteiger partial charge in [-0.3, -0.25) is 4.79 Å². The molecule has 3 aromatic rings. The number of piperazine rings is 1. The normalized spacial score (nSPS) is 15.3. The topological polar surface area (TPSA) is 95.5 Å². The van der Waals surface area contributed by atoms with Gasteiger partial charge in [-0.15, -0.1) is 0 Å². The van der Waals surface area contributed by atoms with Crippen molar-refractivity contribution in [2.45, 2.75) is 17.4 Å². The van der Waals surface area contributed by atoms with Crippen molar-refractivity contribution < 1.29 is 17.6 Å². The molecular weight excluding hydrogens is 445 g/mol. The minimum absolute atomic E-state index is 0.148. The highest BCUT2D eigenvalue weighted by Gasteiger charge is 2.32. The molecule has 1 amide bonds. The molecule has 4 rings (SSSR count). The Morgan fingerprint density at radius 3 is 2.24 bits per heavy atom. The maximum Gasteiger partial charge on any atom is 0.244 e. The summed E-state index contributed by atoms with van der Waals surface area (Å²) >= 11 is 0. The third kappa shape index (κ3) is 5.52. The molecule has 0 radical (unpaired) electrons. The molecule has 1 N–H and O–H groups in total. The van der Waals surface area contributed by atoms with Gasteiger partial charge in [0.1, 0.15) is 16.8 Å². The van der Waals surface area contributed by atoms with Crippen LogP contribution in [-0.2, 0) is 21.2 Å². The zero-order valence-electron chi connectivity index (χ0n) is 17.8. The summed E-state index contributed by atoms with van der Waals surface area (Å²) in [6.45, 7) is 1.83. The first kappa shape index (κ1) is 22.8. The molecule has 0 spiro atoms. The van der Waals surface area contributed by atoms with Gasteiger partial charge < -0.3 is 9.80 Å². The lowest BCUT2D eigenvalue weighted by Crippen LogP contribution is -2.55. The van der Waals surface area contributed by atoms with E-state index in [0.717, 1.165) is 11.6 Å². The molecule has 10 heteroatoms. The number of hydrogen-bond acceptors (Lipinski definition) is 6. The van der Waals surface area contributed by atoms with E-state index < -0.39 is 26.8 Å². The first-order valence-corrected chi connectivity index (χ1v) is 12.0. The molecule has 8 nitrogen and oxygen atoms in total. The molecule has 2 aromatic carbocycles. The SMILES string of the molecule is O=C(C(Cc1ccccc1)NS(=O)(=O)c1ccccc1F)N1CCN(c2ncccn2)CC1. The molecule has 1 aliphatic heterocycles. The van der Waals surface area contributed by atoms with E-state index in [2.05, 4.69) is 14.7 Å². The lowest BCUT2D eigenvalue weighted by atomic mass is 10.1. The van der Waals surface area contributed by atoms with Crippen molar-refractivity contribution in [2.75, 3.05) is 31.1 Å². The smallest absolute Gasteiger partial charge is 0.244 e. The van der Waals surface area contributed by atoms with Crippen molar-refractivity contribution >= 4 is 21.9 Å². The minimum Gasteiger partial charge on any atom is -0.338 e. The average molecular weight is 470 g/mol. The predicted molar refractivity (Wildman–Crippen MR) is 121 cm³/mol. The van der Waals surface area contributed by atoms with Crippen LogP contribution in [0.15, 0.2) is 78.0 Å².